The fourth-order valence-corrected chi connectivity index (χ4v) is 16.1. The number of nitrogen functional groups attached to an aromatic ring is 1. The van der Waals surface area contributed by atoms with Crippen molar-refractivity contribution in [3.63, 3.8) is 0 Å². The molecule has 8 amide bonds. The zero-order chi connectivity index (χ0) is 93.9. The number of fused-ring (bicyclic) bond motifs is 1. The minimum atomic E-state index is -2.04. The Balaban J connectivity index is 1.05. The Morgan fingerprint density at radius 3 is 2.00 bits per heavy atom. The Bertz CT molecular complexity index is 4730. The first-order chi connectivity index (χ1) is 60.1. The fraction of sp³-hybridized carbons (Fsp3) is 0.543. The van der Waals surface area contributed by atoms with Crippen molar-refractivity contribution in [2.45, 2.75) is 212 Å². The smallest absolute Gasteiger partial charge is 0.327 e. The van der Waals surface area contributed by atoms with Crippen molar-refractivity contribution in [3.8, 4) is 5.75 Å². The standard InChI is InChI=1S/C81H113N19O24S3/c1-10-43(6)65(96-73(114)58-15-11-12-27-99(58)9)76(116)100(40-123-64(108)30-41(2)3)59(42(4)5)35-60(124-45(8)101)75-95-56(38-125-75)72(113)89-49(32-46-16-22-51(102)23-17-46)31-44(7)79(121)122-28-29-126-127-39-57(78(119)120)94-71(112)55(34-63(106)107)93-69(110)52(14-13-26-85-80(82)83)91-70(111)54(33-62(104)105)90-61(103)25-24-53(77(117)118)92-68(109)47-18-20-48(21-19-47)86-36-50-37-87-67-66(88-50)74(115)98-81(84)97-67/h16-23,37-38,41-44,49,52-55,57-60,65,86,102H,10-15,24-36,39-40H2,1-9H3,(H,89,113)(H,90,103)(H,91,111)(H,92,109)(H,93,110)(H,94,112)(H,96,114)(H,104,105)(H,106,107)(H,117,118)(H,119,120)(H4,82,83,85)(H3,84,87,97,98,115)/t43?,44-,49+,52-,53-,54-,55-,57-,58+,59+,60+,65-/m0/s1. The monoisotopic (exact) mass is 1830 g/mol. The molecule has 12 atom stereocenters. The number of carboxylic acid groups (broad SMARTS) is 4. The number of rotatable bonds is 53. The van der Waals surface area contributed by atoms with E-state index >= 15 is 4.79 Å². The van der Waals surface area contributed by atoms with Crippen LogP contribution in [0.15, 0.2) is 64.9 Å². The molecule has 1 unspecified atom stereocenters. The van der Waals surface area contributed by atoms with Crippen LogP contribution >= 0.6 is 32.9 Å². The highest BCUT2D eigenvalue weighted by molar-refractivity contribution is 8.76. The minimum Gasteiger partial charge on any atom is -0.508 e. The van der Waals surface area contributed by atoms with Gasteiger partial charge in [0.1, 0.15) is 59.3 Å². The van der Waals surface area contributed by atoms with Crippen molar-refractivity contribution in [1.29, 1.82) is 5.41 Å². The minimum absolute atomic E-state index is 0.00977. The van der Waals surface area contributed by atoms with Crippen LogP contribution in [0.2, 0.25) is 0 Å². The van der Waals surface area contributed by atoms with E-state index in [0.29, 0.717) is 36.3 Å². The number of nitrogens with two attached hydrogens (primary N) is 2. The highest BCUT2D eigenvalue weighted by Crippen LogP contribution is 2.33. The summed E-state index contributed by atoms with van der Waals surface area (Å²) in [5.74, 6) is -18.5. The predicted molar refractivity (Wildman–Crippen MR) is 465 cm³/mol. The number of aliphatic carboxylic acids is 4. The van der Waals surface area contributed by atoms with Gasteiger partial charge in [-0.3, -0.25) is 82.4 Å². The van der Waals surface area contributed by atoms with Crippen LogP contribution in [0.4, 0.5) is 11.6 Å². The number of phenols is 1. The van der Waals surface area contributed by atoms with Gasteiger partial charge in [-0.05, 0) is 118 Å². The lowest BCUT2D eigenvalue weighted by molar-refractivity contribution is -0.161. The zero-order valence-corrected chi connectivity index (χ0v) is 74.2. The fourth-order valence-electron chi connectivity index (χ4n) is 13.3. The highest BCUT2D eigenvalue weighted by Gasteiger charge is 2.41. The summed E-state index contributed by atoms with van der Waals surface area (Å²) in [7, 11) is 3.77. The predicted octanol–water partition coefficient (Wildman–Crippen LogP) is 2.67. The van der Waals surface area contributed by atoms with E-state index in [2.05, 4.69) is 72.8 Å². The number of esters is 3. The van der Waals surface area contributed by atoms with E-state index in [1.165, 1.54) is 59.8 Å². The molecular formula is C81H113N19O24S3. The number of phenolic OH excluding ortho intramolecular Hbond substituents is 1. The van der Waals surface area contributed by atoms with Crippen LogP contribution in [-0.2, 0) is 89.5 Å². The van der Waals surface area contributed by atoms with Gasteiger partial charge in [-0.25, -0.2) is 24.5 Å². The van der Waals surface area contributed by atoms with Gasteiger partial charge in [-0.1, -0.05) is 95.0 Å². The van der Waals surface area contributed by atoms with E-state index in [4.69, 9.17) is 31.1 Å². The van der Waals surface area contributed by atoms with Gasteiger partial charge in [0.15, 0.2) is 30.0 Å². The highest BCUT2D eigenvalue weighted by atomic mass is 33.1. The number of aromatic nitrogens is 5. The summed E-state index contributed by atoms with van der Waals surface area (Å²) in [5.41, 5.74) is 11.7. The molecule has 5 aromatic rings. The van der Waals surface area contributed by atoms with Gasteiger partial charge in [-0.15, -0.1) is 11.3 Å². The van der Waals surface area contributed by atoms with Gasteiger partial charge in [0.2, 0.25) is 41.4 Å². The number of piperidine rings is 1. The van der Waals surface area contributed by atoms with E-state index < -0.39 is 199 Å². The zero-order valence-electron chi connectivity index (χ0n) is 71.8. The van der Waals surface area contributed by atoms with Crippen molar-refractivity contribution in [1.82, 2.24) is 77.3 Å². The third kappa shape index (κ3) is 34.9. The number of hydrogen-bond acceptors (Lipinski definition) is 31. The number of ether oxygens (including phenoxy) is 3. The topological polar surface area (TPSA) is 660 Å². The second kappa shape index (κ2) is 51.3. The number of likely N-dealkylation sites (tertiary alicyclic amines) is 1. The summed E-state index contributed by atoms with van der Waals surface area (Å²) in [4.78, 5) is 236. The number of aromatic hydroxyl groups is 1. The summed E-state index contributed by atoms with van der Waals surface area (Å²) in [6, 6.07) is -0.542. The summed E-state index contributed by atoms with van der Waals surface area (Å²) >= 11 is 1.01. The molecule has 694 valence electrons. The molecule has 46 heteroatoms. The molecule has 3 aromatic heterocycles. The Kier molecular flexibility index (Phi) is 41.8. The molecule has 1 fully saturated rings. The van der Waals surface area contributed by atoms with Crippen LogP contribution in [0.25, 0.3) is 11.2 Å². The molecule has 127 heavy (non-hydrogen) atoms. The average Bonchev–Trinajstić information content (AvgIpc) is 1.55. The number of aromatic amines is 1. The maximum absolute atomic E-state index is 15.1. The van der Waals surface area contributed by atoms with Crippen molar-refractivity contribution in [2.75, 3.05) is 56.0 Å². The largest absolute Gasteiger partial charge is 0.508 e. The third-order valence-corrected chi connectivity index (χ3v) is 23.5. The number of carbonyl (C=O) groups excluding carboxylic acids is 11. The number of thiazole rings is 1. The number of carbonyl (C=O) groups is 15. The molecule has 1 saturated heterocycles. The number of carboxylic acids is 4. The van der Waals surface area contributed by atoms with Crippen LogP contribution in [0.3, 0.4) is 0 Å². The molecule has 0 bridgehead atoms. The van der Waals surface area contributed by atoms with Crippen molar-refractivity contribution >= 4 is 151 Å². The molecule has 43 nitrogen and oxygen atoms in total. The lowest BCUT2D eigenvalue weighted by Gasteiger charge is -2.39. The Morgan fingerprint density at radius 2 is 1.39 bits per heavy atom. The number of nitrogens with one attached hydrogen (secondary N) is 11. The first kappa shape index (κ1) is 103. The van der Waals surface area contributed by atoms with Crippen LogP contribution in [-0.4, -0.2) is 255 Å². The molecule has 0 spiro atoms. The second-order valence-corrected chi connectivity index (χ2v) is 34.7. The third-order valence-electron chi connectivity index (χ3n) is 20.2. The maximum atomic E-state index is 15.1. The molecule has 4 heterocycles. The van der Waals surface area contributed by atoms with Crippen LogP contribution < -0.4 is 64.9 Å². The summed E-state index contributed by atoms with van der Waals surface area (Å²) in [6.07, 6.45) is -0.888. The number of likely N-dealkylation sites (N-methyl/N-ethyl adjacent to an activating group) is 1. The van der Waals surface area contributed by atoms with E-state index in [1.54, 1.807) is 19.1 Å². The number of anilines is 2. The van der Waals surface area contributed by atoms with Gasteiger partial charge < -0.3 is 104 Å². The van der Waals surface area contributed by atoms with Gasteiger partial charge in [0.25, 0.3) is 17.4 Å². The van der Waals surface area contributed by atoms with Crippen molar-refractivity contribution in [2.24, 2.45) is 29.4 Å². The normalized spacial score (nSPS) is 15.3. The number of hydrogen-bond donors (Lipinski definition) is 18. The first-order valence-electron chi connectivity index (χ1n) is 41.0. The van der Waals surface area contributed by atoms with E-state index in [1.807, 2.05) is 53.5 Å². The maximum Gasteiger partial charge on any atom is 0.327 e. The molecule has 0 saturated carbocycles. The lowest BCUT2D eigenvalue weighted by atomic mass is 9.92. The Labute approximate surface area is 742 Å². The first-order valence-corrected chi connectivity index (χ1v) is 44.4. The lowest BCUT2D eigenvalue weighted by Crippen LogP contribution is -2.59. The molecule has 1 aliphatic rings. The molecule has 6 rings (SSSR count). The Morgan fingerprint density at radius 1 is 0.740 bits per heavy atom. The second-order valence-electron chi connectivity index (χ2n) is 31.2. The quantitative estimate of drug-likeness (QED) is 0.00506. The number of amides is 8. The number of guanidine groups is 1. The number of H-pyrrole nitrogens is 1. The van der Waals surface area contributed by atoms with E-state index in [-0.39, 0.29) is 127 Å². The van der Waals surface area contributed by atoms with Crippen LogP contribution in [0, 0.1) is 29.1 Å². The number of benzene rings is 2. The van der Waals surface area contributed by atoms with Crippen molar-refractivity contribution in [3.05, 3.63) is 98.0 Å². The molecule has 0 aliphatic carbocycles. The van der Waals surface area contributed by atoms with Crippen molar-refractivity contribution < 1.29 is 112 Å². The SMILES string of the molecule is CCC(C)[C@H](NC(=O)[C@H]1CCCCN1C)C(=O)N(COC(=O)CC(C)C)[C@H](C[C@@H](OC(C)=O)c1nc(C(=O)N[C@@H](Cc2ccc(O)cc2)C[C@H](C)C(=O)OCCSSC[C@H](NC(=O)[C@H](CC(=O)O)NC(=O)[C@H](CCCNC(=N)N)NC(=O)[C@H](CC(=O)O)NC(=O)CC[C@H](NC(=O)c2ccc(NCc3cnc4nc(N)[nH]c(=O)c4n3)cc2)C(=O)O)C(=O)O)cs1)C(C)C. The van der Waals surface area contributed by atoms with Crippen LogP contribution in [0.5, 0.6) is 5.75 Å². The summed E-state index contributed by atoms with van der Waals surface area (Å²) in [6.45, 7) is 13.8. The molecule has 2 aromatic carbocycles. The van der Waals surface area contributed by atoms with E-state index in [0.717, 1.165) is 45.8 Å². The molecular weight excluding hydrogens is 1720 g/mol. The molecule has 20 N–H and O–H groups in total. The van der Waals surface area contributed by atoms with Gasteiger partial charge >= 0.3 is 41.8 Å². The summed E-state index contributed by atoms with van der Waals surface area (Å²) < 4.78 is 17.3. The van der Waals surface area contributed by atoms with E-state index in [9.17, 15) is 97.5 Å². The molecule has 0 radical (unpaired) electrons. The van der Waals surface area contributed by atoms with Gasteiger partial charge in [-0.2, -0.15) is 4.98 Å². The average molecular weight is 1830 g/mol. The van der Waals surface area contributed by atoms with Crippen LogP contribution in [0.1, 0.15) is 182 Å². The molecule has 1 aliphatic heterocycles. The number of nitrogens with zero attached hydrogens (tertiary/aromatic N) is 6. The van der Waals surface area contributed by atoms with Gasteiger partial charge in [0.05, 0.1) is 43.2 Å². The Hall–Kier alpha value is -12.3. The summed E-state index contributed by atoms with van der Waals surface area (Å²) in [5, 5.41) is 81.8. The van der Waals surface area contributed by atoms with Gasteiger partial charge in [0, 0.05) is 73.0 Å².